The second kappa shape index (κ2) is 5.99. The number of halogens is 1. The molecule has 1 atom stereocenters. The number of carboxylic acids is 1. The lowest BCUT2D eigenvalue weighted by Gasteiger charge is -2.21. The summed E-state index contributed by atoms with van der Waals surface area (Å²) >= 11 is 0. The summed E-state index contributed by atoms with van der Waals surface area (Å²) in [6, 6.07) is 0. The summed E-state index contributed by atoms with van der Waals surface area (Å²) in [5, 5.41) is 8.65. The van der Waals surface area contributed by atoms with Crippen LogP contribution >= 0.6 is 0 Å². The van der Waals surface area contributed by atoms with Gasteiger partial charge in [0.25, 0.3) is 0 Å². The fourth-order valence-corrected chi connectivity index (χ4v) is 2.35. The van der Waals surface area contributed by atoms with Crippen LogP contribution in [0.2, 0.25) is 0 Å². The van der Waals surface area contributed by atoms with Gasteiger partial charge in [-0.05, 0) is 5.92 Å². The van der Waals surface area contributed by atoms with Gasteiger partial charge in [0.1, 0.15) is 0 Å². The van der Waals surface area contributed by atoms with E-state index in [9.17, 15) is 9.18 Å². The van der Waals surface area contributed by atoms with Gasteiger partial charge in [0.05, 0.1) is 13.1 Å². The van der Waals surface area contributed by atoms with Crippen LogP contribution < -0.4 is 0 Å². The monoisotopic (exact) mass is 202 g/mol. The smallest absolute Gasteiger partial charge is 0.303 e. The zero-order chi connectivity index (χ0) is 10.4. The molecule has 0 aromatic carbocycles. The van der Waals surface area contributed by atoms with E-state index in [-0.39, 0.29) is 12.3 Å². The van der Waals surface area contributed by atoms with E-state index < -0.39 is 12.6 Å². The van der Waals surface area contributed by atoms with Gasteiger partial charge in [0.2, 0.25) is 0 Å². The minimum absolute atomic E-state index is 0.00116. The van der Waals surface area contributed by atoms with Crippen LogP contribution in [0.4, 0.5) is 4.39 Å². The Morgan fingerprint density at radius 2 is 1.86 bits per heavy atom. The summed E-state index contributed by atoms with van der Waals surface area (Å²) in [4.78, 5) is 10.5. The van der Waals surface area contributed by atoms with Gasteiger partial charge in [-0.15, -0.1) is 0 Å². The van der Waals surface area contributed by atoms with E-state index in [1.807, 2.05) is 0 Å². The molecule has 82 valence electrons. The highest BCUT2D eigenvalue weighted by atomic mass is 19.1. The Labute approximate surface area is 84.5 Å². The first-order valence-electron chi connectivity index (χ1n) is 5.51. The van der Waals surface area contributed by atoms with E-state index in [4.69, 9.17) is 5.11 Å². The summed E-state index contributed by atoms with van der Waals surface area (Å²) in [7, 11) is 0. The second-order valence-electron chi connectivity index (χ2n) is 4.26. The molecule has 2 nitrogen and oxygen atoms in total. The molecule has 0 bridgehead atoms. The van der Waals surface area contributed by atoms with Gasteiger partial charge in [-0.2, -0.15) is 0 Å². The largest absolute Gasteiger partial charge is 0.481 e. The Morgan fingerprint density at radius 1 is 1.29 bits per heavy atom. The molecule has 1 N–H and O–H groups in total. The van der Waals surface area contributed by atoms with Crippen LogP contribution in [0, 0.1) is 11.8 Å². The normalized spacial score (nSPS) is 21.5. The first-order valence-corrected chi connectivity index (χ1v) is 5.51. The third-order valence-corrected chi connectivity index (χ3v) is 3.20. The van der Waals surface area contributed by atoms with Gasteiger partial charge < -0.3 is 5.11 Å². The van der Waals surface area contributed by atoms with E-state index in [1.54, 1.807) is 0 Å². The molecule has 14 heavy (non-hydrogen) atoms. The van der Waals surface area contributed by atoms with Gasteiger partial charge in [0, 0.05) is 5.92 Å². The quantitative estimate of drug-likeness (QED) is 0.711. The van der Waals surface area contributed by atoms with Gasteiger partial charge in [-0.3, -0.25) is 9.18 Å². The van der Waals surface area contributed by atoms with E-state index in [1.165, 1.54) is 12.8 Å². The van der Waals surface area contributed by atoms with E-state index in [0.29, 0.717) is 5.92 Å². The first kappa shape index (κ1) is 11.5. The number of hydrogen-bond donors (Lipinski definition) is 1. The second-order valence-corrected chi connectivity index (χ2v) is 4.26. The zero-order valence-electron chi connectivity index (χ0n) is 8.54. The van der Waals surface area contributed by atoms with Crippen LogP contribution in [0.3, 0.4) is 0 Å². The standard InChI is InChI=1S/C11H19FO2/c12-8-10(7-11(13)14)9-5-3-1-2-4-6-9/h9-10H,1-8H2,(H,13,14). The van der Waals surface area contributed by atoms with Crippen molar-refractivity contribution in [3.8, 4) is 0 Å². The first-order chi connectivity index (χ1) is 6.74. The van der Waals surface area contributed by atoms with Gasteiger partial charge in [-0.25, -0.2) is 0 Å². The summed E-state index contributed by atoms with van der Waals surface area (Å²) in [6.07, 6.45) is 6.76. The van der Waals surface area contributed by atoms with Gasteiger partial charge in [0.15, 0.2) is 0 Å². The Kier molecular flexibility index (Phi) is 4.91. The number of rotatable bonds is 4. The van der Waals surface area contributed by atoms with Crippen LogP contribution in [0.15, 0.2) is 0 Å². The number of hydrogen-bond acceptors (Lipinski definition) is 1. The van der Waals surface area contributed by atoms with Gasteiger partial charge >= 0.3 is 5.97 Å². The van der Waals surface area contributed by atoms with Crippen molar-refractivity contribution in [3.05, 3.63) is 0 Å². The molecule has 0 amide bonds. The molecule has 1 aliphatic carbocycles. The zero-order valence-corrected chi connectivity index (χ0v) is 8.54. The molecule has 1 unspecified atom stereocenters. The minimum Gasteiger partial charge on any atom is -0.481 e. The van der Waals surface area contributed by atoms with Gasteiger partial charge in [-0.1, -0.05) is 38.5 Å². The molecule has 1 aliphatic rings. The summed E-state index contributed by atoms with van der Waals surface area (Å²) in [5.74, 6) is -0.805. The van der Waals surface area contributed by atoms with Crippen molar-refractivity contribution in [2.45, 2.75) is 44.9 Å². The highest BCUT2D eigenvalue weighted by molar-refractivity contribution is 5.67. The van der Waals surface area contributed by atoms with Crippen molar-refractivity contribution in [1.29, 1.82) is 0 Å². The van der Waals surface area contributed by atoms with Crippen molar-refractivity contribution >= 4 is 5.97 Å². The third-order valence-electron chi connectivity index (χ3n) is 3.20. The van der Waals surface area contributed by atoms with Crippen molar-refractivity contribution in [1.82, 2.24) is 0 Å². The predicted molar refractivity (Wildman–Crippen MR) is 52.9 cm³/mol. The molecular weight excluding hydrogens is 183 g/mol. The maximum Gasteiger partial charge on any atom is 0.303 e. The van der Waals surface area contributed by atoms with Crippen molar-refractivity contribution < 1.29 is 14.3 Å². The molecule has 0 aromatic rings. The molecule has 3 heteroatoms. The van der Waals surface area contributed by atoms with Crippen LogP contribution in [0.25, 0.3) is 0 Å². The van der Waals surface area contributed by atoms with E-state index in [0.717, 1.165) is 25.7 Å². The van der Waals surface area contributed by atoms with Crippen LogP contribution in [-0.2, 0) is 4.79 Å². The molecule has 1 rings (SSSR count). The Bertz CT molecular complexity index is 174. The Balaban J connectivity index is 2.44. The lowest BCUT2D eigenvalue weighted by molar-refractivity contribution is -0.138. The number of carbonyl (C=O) groups is 1. The highest BCUT2D eigenvalue weighted by Crippen LogP contribution is 2.31. The Hall–Kier alpha value is -0.600. The maximum absolute atomic E-state index is 12.7. The van der Waals surface area contributed by atoms with Crippen LogP contribution in [-0.4, -0.2) is 17.8 Å². The fraction of sp³-hybridized carbons (Fsp3) is 0.909. The molecule has 0 heterocycles. The summed E-state index contributed by atoms with van der Waals surface area (Å²) in [5.41, 5.74) is 0. The lowest BCUT2D eigenvalue weighted by Crippen LogP contribution is -2.20. The van der Waals surface area contributed by atoms with Crippen LogP contribution in [0.5, 0.6) is 0 Å². The molecule has 0 aromatic heterocycles. The molecule has 1 fully saturated rings. The summed E-state index contributed by atoms with van der Waals surface area (Å²) in [6.45, 7) is -0.475. The van der Waals surface area contributed by atoms with Crippen LogP contribution in [0.1, 0.15) is 44.9 Å². The Morgan fingerprint density at radius 3 is 2.29 bits per heavy atom. The molecule has 0 saturated heterocycles. The predicted octanol–water partition coefficient (Wildman–Crippen LogP) is 3.02. The maximum atomic E-state index is 12.7. The summed E-state index contributed by atoms with van der Waals surface area (Å²) < 4.78 is 12.7. The van der Waals surface area contributed by atoms with Crippen molar-refractivity contribution in [2.24, 2.45) is 11.8 Å². The molecule has 0 spiro atoms. The molecule has 1 saturated carbocycles. The lowest BCUT2D eigenvalue weighted by atomic mass is 9.85. The highest BCUT2D eigenvalue weighted by Gasteiger charge is 2.24. The average molecular weight is 202 g/mol. The minimum atomic E-state index is -0.864. The topological polar surface area (TPSA) is 37.3 Å². The average Bonchev–Trinajstić information content (AvgIpc) is 2.41. The molecular formula is C11H19FO2. The molecule has 0 radical (unpaired) electrons. The number of alkyl halides is 1. The third kappa shape index (κ3) is 3.64. The molecule has 0 aliphatic heterocycles. The van der Waals surface area contributed by atoms with Crippen molar-refractivity contribution in [2.75, 3.05) is 6.67 Å². The fourth-order valence-electron chi connectivity index (χ4n) is 2.35. The van der Waals surface area contributed by atoms with Crippen molar-refractivity contribution in [3.63, 3.8) is 0 Å². The number of carboxylic acid groups (broad SMARTS) is 1. The SMILES string of the molecule is O=C(O)CC(CF)C1CCCCCC1. The van der Waals surface area contributed by atoms with E-state index >= 15 is 0 Å². The number of aliphatic carboxylic acids is 1. The van der Waals surface area contributed by atoms with E-state index in [2.05, 4.69) is 0 Å².